The standard InChI is InChI=1S/C15H17N3O4S/c1-9-7-14(10(2)6-12(9)16)18-17-13-5-4-11(22-3)8-15(13)23(19,20)21/h4-8H,16H2,1-3H3,(H,19,20,21). The molecule has 23 heavy (non-hydrogen) atoms. The summed E-state index contributed by atoms with van der Waals surface area (Å²) in [5.41, 5.74) is 8.68. The molecule has 0 aliphatic heterocycles. The molecule has 2 rings (SSSR count). The van der Waals surface area contributed by atoms with Crippen LogP contribution in [0.25, 0.3) is 0 Å². The van der Waals surface area contributed by atoms with Crippen LogP contribution in [-0.2, 0) is 10.1 Å². The maximum Gasteiger partial charge on any atom is 0.296 e. The van der Waals surface area contributed by atoms with E-state index in [1.54, 1.807) is 12.1 Å². The fourth-order valence-electron chi connectivity index (χ4n) is 1.95. The maximum absolute atomic E-state index is 11.5. The number of nitrogens with zero attached hydrogens (tertiary/aromatic N) is 2. The van der Waals surface area contributed by atoms with Crippen LogP contribution in [0, 0.1) is 13.8 Å². The van der Waals surface area contributed by atoms with Crippen molar-refractivity contribution in [2.24, 2.45) is 10.2 Å². The van der Waals surface area contributed by atoms with Crippen LogP contribution >= 0.6 is 0 Å². The third kappa shape index (κ3) is 3.85. The first-order chi connectivity index (χ1) is 10.7. The summed E-state index contributed by atoms with van der Waals surface area (Å²) in [6.07, 6.45) is 0. The van der Waals surface area contributed by atoms with Crippen molar-refractivity contribution in [3.05, 3.63) is 41.5 Å². The Morgan fingerprint density at radius 2 is 1.70 bits per heavy atom. The summed E-state index contributed by atoms with van der Waals surface area (Å²) in [5, 5.41) is 8.00. The number of rotatable bonds is 4. The summed E-state index contributed by atoms with van der Waals surface area (Å²) >= 11 is 0. The Morgan fingerprint density at radius 3 is 2.30 bits per heavy atom. The Morgan fingerprint density at radius 1 is 1.04 bits per heavy atom. The molecule has 0 amide bonds. The van der Waals surface area contributed by atoms with Gasteiger partial charge in [-0.2, -0.15) is 13.5 Å². The van der Waals surface area contributed by atoms with Gasteiger partial charge in [0.25, 0.3) is 10.1 Å². The molecule has 0 unspecified atom stereocenters. The lowest BCUT2D eigenvalue weighted by Gasteiger charge is -2.06. The van der Waals surface area contributed by atoms with E-state index in [0.29, 0.717) is 11.4 Å². The van der Waals surface area contributed by atoms with Crippen molar-refractivity contribution in [2.45, 2.75) is 18.7 Å². The predicted molar refractivity (Wildman–Crippen MR) is 87.3 cm³/mol. The first-order valence-electron chi connectivity index (χ1n) is 6.66. The van der Waals surface area contributed by atoms with E-state index in [-0.39, 0.29) is 16.3 Å². The number of ether oxygens (including phenoxy) is 1. The van der Waals surface area contributed by atoms with E-state index in [9.17, 15) is 13.0 Å². The van der Waals surface area contributed by atoms with Gasteiger partial charge in [-0.15, -0.1) is 5.11 Å². The van der Waals surface area contributed by atoms with Gasteiger partial charge in [0, 0.05) is 11.8 Å². The number of anilines is 1. The Kier molecular flexibility index (Phi) is 4.67. The van der Waals surface area contributed by atoms with Crippen LogP contribution in [0.5, 0.6) is 5.75 Å². The molecular weight excluding hydrogens is 318 g/mol. The Hall–Kier alpha value is -2.45. The van der Waals surface area contributed by atoms with Gasteiger partial charge in [0.2, 0.25) is 0 Å². The topological polar surface area (TPSA) is 114 Å². The van der Waals surface area contributed by atoms with Crippen molar-refractivity contribution in [1.82, 2.24) is 0 Å². The summed E-state index contributed by atoms with van der Waals surface area (Å²) in [5.74, 6) is 0.288. The second-order valence-corrected chi connectivity index (χ2v) is 6.39. The Labute approximate surface area is 134 Å². The smallest absolute Gasteiger partial charge is 0.296 e. The number of aryl methyl sites for hydroxylation is 2. The maximum atomic E-state index is 11.5. The number of methoxy groups -OCH3 is 1. The van der Waals surface area contributed by atoms with Gasteiger partial charge in [0.15, 0.2) is 0 Å². The number of benzene rings is 2. The van der Waals surface area contributed by atoms with Crippen LogP contribution < -0.4 is 10.5 Å². The number of azo groups is 1. The van der Waals surface area contributed by atoms with Crippen LogP contribution in [0.2, 0.25) is 0 Å². The minimum atomic E-state index is -4.45. The highest BCUT2D eigenvalue weighted by molar-refractivity contribution is 7.86. The average Bonchev–Trinajstić information content (AvgIpc) is 2.48. The molecule has 0 radical (unpaired) electrons. The lowest BCUT2D eigenvalue weighted by Crippen LogP contribution is -1.99. The zero-order valence-corrected chi connectivity index (χ0v) is 13.8. The summed E-state index contributed by atoms with van der Waals surface area (Å²) in [7, 11) is -3.06. The summed E-state index contributed by atoms with van der Waals surface area (Å²) in [6, 6.07) is 7.64. The molecule has 0 fully saturated rings. The van der Waals surface area contributed by atoms with E-state index in [2.05, 4.69) is 10.2 Å². The monoisotopic (exact) mass is 335 g/mol. The van der Waals surface area contributed by atoms with Gasteiger partial charge in [-0.05, 0) is 49.2 Å². The van der Waals surface area contributed by atoms with Crippen molar-refractivity contribution in [3.8, 4) is 5.75 Å². The lowest BCUT2D eigenvalue weighted by molar-refractivity contribution is 0.412. The molecule has 0 saturated carbocycles. The molecule has 0 atom stereocenters. The predicted octanol–water partition coefficient (Wildman–Crippen LogP) is 3.56. The second kappa shape index (κ2) is 6.35. The lowest BCUT2D eigenvalue weighted by atomic mass is 10.1. The van der Waals surface area contributed by atoms with E-state index in [4.69, 9.17) is 10.5 Å². The zero-order valence-electron chi connectivity index (χ0n) is 12.9. The Balaban J connectivity index is 2.50. The van der Waals surface area contributed by atoms with Crippen molar-refractivity contribution < 1.29 is 17.7 Å². The van der Waals surface area contributed by atoms with E-state index in [1.165, 1.54) is 25.3 Å². The van der Waals surface area contributed by atoms with Crippen LogP contribution in [0.4, 0.5) is 17.1 Å². The second-order valence-electron chi connectivity index (χ2n) is 5.00. The van der Waals surface area contributed by atoms with Crippen LogP contribution in [-0.4, -0.2) is 20.1 Å². The fraction of sp³-hybridized carbons (Fsp3) is 0.200. The number of nitrogens with two attached hydrogens (primary N) is 1. The van der Waals surface area contributed by atoms with E-state index >= 15 is 0 Å². The zero-order chi connectivity index (χ0) is 17.2. The normalized spacial score (nSPS) is 11.8. The molecule has 3 N–H and O–H groups in total. The molecule has 0 saturated heterocycles. The van der Waals surface area contributed by atoms with Crippen molar-refractivity contribution >= 4 is 27.2 Å². The van der Waals surface area contributed by atoms with Crippen molar-refractivity contribution in [1.29, 1.82) is 0 Å². The van der Waals surface area contributed by atoms with Crippen LogP contribution in [0.1, 0.15) is 11.1 Å². The molecule has 122 valence electrons. The van der Waals surface area contributed by atoms with Gasteiger partial charge in [-0.1, -0.05) is 0 Å². The highest BCUT2D eigenvalue weighted by Gasteiger charge is 2.17. The molecule has 0 spiro atoms. The van der Waals surface area contributed by atoms with Crippen LogP contribution in [0.3, 0.4) is 0 Å². The summed E-state index contributed by atoms with van der Waals surface area (Å²) in [6.45, 7) is 3.66. The highest BCUT2D eigenvalue weighted by Crippen LogP contribution is 2.31. The number of hydrogen-bond acceptors (Lipinski definition) is 6. The Bertz CT molecular complexity index is 877. The molecule has 7 nitrogen and oxygen atoms in total. The SMILES string of the molecule is COc1ccc(N=Nc2cc(C)c(N)cc2C)c(S(=O)(=O)O)c1. The van der Waals surface area contributed by atoms with E-state index < -0.39 is 10.1 Å². The number of nitrogen functional groups attached to an aromatic ring is 1. The van der Waals surface area contributed by atoms with Gasteiger partial charge < -0.3 is 10.5 Å². The van der Waals surface area contributed by atoms with E-state index in [0.717, 1.165) is 11.1 Å². The molecule has 0 aliphatic rings. The minimum Gasteiger partial charge on any atom is -0.497 e. The van der Waals surface area contributed by atoms with Crippen molar-refractivity contribution in [3.63, 3.8) is 0 Å². The number of hydrogen-bond donors (Lipinski definition) is 2. The summed E-state index contributed by atoms with van der Waals surface area (Å²) < 4.78 is 37.2. The molecule has 0 aromatic heterocycles. The van der Waals surface area contributed by atoms with Gasteiger partial charge >= 0.3 is 0 Å². The summed E-state index contributed by atoms with van der Waals surface area (Å²) in [4.78, 5) is -0.370. The van der Waals surface area contributed by atoms with Crippen LogP contribution in [0.15, 0.2) is 45.5 Å². The van der Waals surface area contributed by atoms with Crippen molar-refractivity contribution in [2.75, 3.05) is 12.8 Å². The quantitative estimate of drug-likeness (QED) is 0.503. The van der Waals surface area contributed by atoms with Gasteiger partial charge in [-0.25, -0.2) is 0 Å². The fourth-order valence-corrected chi connectivity index (χ4v) is 2.59. The minimum absolute atomic E-state index is 0.0159. The largest absolute Gasteiger partial charge is 0.497 e. The molecular formula is C15H17N3O4S. The third-order valence-electron chi connectivity index (χ3n) is 3.29. The molecule has 0 bridgehead atoms. The average molecular weight is 335 g/mol. The molecule has 2 aromatic rings. The first-order valence-corrected chi connectivity index (χ1v) is 8.10. The van der Waals surface area contributed by atoms with Gasteiger partial charge in [-0.3, -0.25) is 4.55 Å². The van der Waals surface area contributed by atoms with Gasteiger partial charge in [0.05, 0.1) is 12.8 Å². The highest BCUT2D eigenvalue weighted by atomic mass is 32.2. The molecule has 8 heteroatoms. The van der Waals surface area contributed by atoms with Gasteiger partial charge in [0.1, 0.15) is 16.3 Å². The van der Waals surface area contributed by atoms with E-state index in [1.807, 2.05) is 13.8 Å². The third-order valence-corrected chi connectivity index (χ3v) is 4.18. The first kappa shape index (κ1) is 16.9. The molecule has 2 aromatic carbocycles. The molecule has 0 heterocycles. The molecule has 0 aliphatic carbocycles.